The summed E-state index contributed by atoms with van der Waals surface area (Å²) in [6, 6.07) is 0. The number of carboxylic acids is 1. The number of hydrogen-bond donors (Lipinski definition) is 1. The molecule has 4 nitrogen and oxygen atoms in total. The van der Waals surface area contributed by atoms with Crippen LogP contribution in [-0.2, 0) is 14.3 Å². The molecule has 4 heteroatoms. The molecule has 3 fully saturated rings. The van der Waals surface area contributed by atoms with Crippen LogP contribution in [0.3, 0.4) is 0 Å². The maximum Gasteiger partial charge on any atom is 0.314 e. The summed E-state index contributed by atoms with van der Waals surface area (Å²) in [7, 11) is 0. The molecule has 4 rings (SSSR count). The zero-order chi connectivity index (χ0) is 19.4. The Morgan fingerprint density at radius 1 is 1.22 bits per heavy atom. The summed E-state index contributed by atoms with van der Waals surface area (Å²) in [4.78, 5) is 24.0. The van der Waals surface area contributed by atoms with Crippen molar-refractivity contribution in [2.24, 2.45) is 34.5 Å². The van der Waals surface area contributed by atoms with Gasteiger partial charge in [-0.05, 0) is 74.0 Å². The Kier molecular flexibility index (Phi) is 4.51. The lowest BCUT2D eigenvalue weighted by Gasteiger charge is -2.57. The fraction of sp³-hybridized carbons (Fsp3) is 0.739. The minimum absolute atomic E-state index is 0.164. The predicted molar refractivity (Wildman–Crippen MR) is 103 cm³/mol. The number of carbonyl (C=O) groups excluding carboxylic acids is 1. The van der Waals surface area contributed by atoms with E-state index in [1.807, 2.05) is 0 Å². The molecule has 4 aliphatic rings. The molecule has 0 saturated heterocycles. The third-order valence-electron chi connectivity index (χ3n) is 8.66. The highest BCUT2D eigenvalue weighted by Crippen LogP contribution is 2.66. The third-order valence-corrected chi connectivity index (χ3v) is 8.66. The molecule has 148 valence electrons. The van der Waals surface area contributed by atoms with Gasteiger partial charge in [-0.2, -0.15) is 0 Å². The van der Waals surface area contributed by atoms with E-state index in [1.165, 1.54) is 19.8 Å². The van der Waals surface area contributed by atoms with E-state index >= 15 is 0 Å². The van der Waals surface area contributed by atoms with Gasteiger partial charge in [0.2, 0.25) is 0 Å². The lowest BCUT2D eigenvalue weighted by molar-refractivity contribution is -0.161. The van der Waals surface area contributed by atoms with Crippen molar-refractivity contribution in [3.8, 4) is 0 Å². The number of carboxylic acid groups (broad SMARTS) is 1. The first-order valence-corrected chi connectivity index (χ1v) is 10.6. The van der Waals surface area contributed by atoms with Gasteiger partial charge in [-0.3, -0.25) is 9.59 Å². The van der Waals surface area contributed by atoms with Crippen LogP contribution in [0.1, 0.15) is 65.2 Å². The molecule has 0 aromatic rings. The minimum atomic E-state index is -0.743. The summed E-state index contributed by atoms with van der Waals surface area (Å²) < 4.78 is 5.43. The Balaban J connectivity index is 1.67. The highest BCUT2D eigenvalue weighted by molar-refractivity contribution is 5.80. The highest BCUT2D eigenvalue weighted by Gasteiger charge is 2.62. The van der Waals surface area contributed by atoms with E-state index in [-0.39, 0.29) is 23.4 Å². The van der Waals surface area contributed by atoms with Crippen molar-refractivity contribution < 1.29 is 19.4 Å². The van der Waals surface area contributed by atoms with Crippen molar-refractivity contribution in [1.82, 2.24) is 0 Å². The van der Waals surface area contributed by atoms with Gasteiger partial charge >= 0.3 is 11.9 Å². The van der Waals surface area contributed by atoms with Crippen LogP contribution >= 0.6 is 0 Å². The van der Waals surface area contributed by atoms with Gasteiger partial charge in [0, 0.05) is 13.3 Å². The summed E-state index contributed by atoms with van der Waals surface area (Å²) in [5.41, 5.74) is 0.561. The van der Waals surface area contributed by atoms with Crippen molar-refractivity contribution >= 4 is 11.9 Å². The summed E-state index contributed by atoms with van der Waals surface area (Å²) in [6.07, 6.45) is 11.5. The van der Waals surface area contributed by atoms with Crippen LogP contribution in [0.25, 0.3) is 0 Å². The van der Waals surface area contributed by atoms with Crippen LogP contribution in [0.2, 0.25) is 0 Å². The highest BCUT2D eigenvalue weighted by atomic mass is 16.5. The predicted octanol–water partition coefficient (Wildman–Crippen LogP) is 4.75. The van der Waals surface area contributed by atoms with Crippen LogP contribution in [0.5, 0.6) is 0 Å². The van der Waals surface area contributed by atoms with E-state index in [4.69, 9.17) is 4.74 Å². The molecule has 0 radical (unpaired) electrons. The van der Waals surface area contributed by atoms with Gasteiger partial charge in [-0.1, -0.05) is 24.6 Å². The van der Waals surface area contributed by atoms with E-state index in [0.717, 1.165) is 24.8 Å². The molecule has 4 aliphatic carbocycles. The number of aliphatic carboxylic acids is 1. The molecule has 3 saturated carbocycles. The smallest absolute Gasteiger partial charge is 0.314 e. The average molecular weight is 373 g/mol. The Morgan fingerprint density at radius 2 is 2.00 bits per heavy atom. The molecule has 27 heavy (non-hydrogen) atoms. The number of allylic oxidation sites excluding steroid dienone is 2. The number of hydrogen-bond acceptors (Lipinski definition) is 3. The molecule has 1 N–H and O–H groups in total. The molecule has 0 amide bonds. The van der Waals surface area contributed by atoms with Crippen LogP contribution < -0.4 is 0 Å². The van der Waals surface area contributed by atoms with Crippen molar-refractivity contribution in [3.05, 3.63) is 24.3 Å². The number of rotatable bonds is 3. The normalized spacial score (nSPS) is 45.7. The van der Waals surface area contributed by atoms with E-state index in [1.54, 1.807) is 0 Å². The Labute approximate surface area is 162 Å². The van der Waals surface area contributed by atoms with Crippen LogP contribution in [-0.4, -0.2) is 23.1 Å². The van der Waals surface area contributed by atoms with Crippen LogP contribution in [0.4, 0.5) is 0 Å². The van der Waals surface area contributed by atoms with Gasteiger partial charge < -0.3 is 9.84 Å². The van der Waals surface area contributed by atoms with Crippen molar-refractivity contribution in [2.45, 2.75) is 71.3 Å². The molecular weight excluding hydrogens is 340 g/mol. The van der Waals surface area contributed by atoms with Gasteiger partial charge in [0.25, 0.3) is 0 Å². The van der Waals surface area contributed by atoms with Gasteiger partial charge in [0.15, 0.2) is 0 Å². The molecule has 7 atom stereocenters. The summed E-state index contributed by atoms with van der Waals surface area (Å²) in [5.74, 6) is 0.904. The van der Waals surface area contributed by atoms with Gasteiger partial charge in [-0.15, -0.1) is 6.58 Å². The zero-order valence-corrected chi connectivity index (χ0v) is 16.6. The number of fused-ring (bicyclic) bond motifs is 5. The fourth-order valence-corrected chi connectivity index (χ4v) is 7.44. The SMILES string of the molecule is C=C[C@H]1CC[C@H]2[C@@H]3CC=C4C[C@@H](OC(C)=O)CC[C@]4(C(=O)O)[C@H]3CC[C@]12C. The van der Waals surface area contributed by atoms with Crippen LogP contribution in [0, 0.1) is 34.5 Å². The van der Waals surface area contributed by atoms with E-state index in [0.29, 0.717) is 37.0 Å². The monoisotopic (exact) mass is 372 g/mol. The van der Waals surface area contributed by atoms with Crippen molar-refractivity contribution in [3.63, 3.8) is 0 Å². The zero-order valence-electron chi connectivity index (χ0n) is 16.6. The Morgan fingerprint density at radius 3 is 2.67 bits per heavy atom. The molecule has 0 unspecified atom stereocenters. The first-order valence-electron chi connectivity index (χ1n) is 10.6. The Hall–Kier alpha value is -1.58. The van der Waals surface area contributed by atoms with E-state index in [2.05, 4.69) is 25.7 Å². The minimum Gasteiger partial charge on any atom is -0.481 e. The third kappa shape index (κ3) is 2.62. The average Bonchev–Trinajstić information content (AvgIpc) is 2.97. The number of ether oxygens (including phenoxy) is 1. The number of esters is 1. The molecular formula is C23H32O4. The van der Waals surface area contributed by atoms with Crippen molar-refractivity contribution in [1.29, 1.82) is 0 Å². The maximum atomic E-state index is 12.6. The molecule has 0 heterocycles. The molecule has 0 bridgehead atoms. The molecule has 0 aromatic carbocycles. The fourth-order valence-electron chi connectivity index (χ4n) is 7.44. The molecule has 0 spiro atoms. The number of carbonyl (C=O) groups is 2. The Bertz CT molecular complexity index is 694. The largest absolute Gasteiger partial charge is 0.481 e. The van der Waals surface area contributed by atoms with Crippen molar-refractivity contribution in [2.75, 3.05) is 0 Å². The quantitative estimate of drug-likeness (QED) is 0.574. The summed E-state index contributed by atoms with van der Waals surface area (Å²) >= 11 is 0. The second-order valence-corrected chi connectivity index (χ2v) is 9.56. The molecule has 0 aromatic heterocycles. The second kappa shape index (κ2) is 6.49. The van der Waals surface area contributed by atoms with Gasteiger partial charge in [0.1, 0.15) is 6.10 Å². The van der Waals surface area contributed by atoms with Crippen LogP contribution in [0.15, 0.2) is 24.3 Å². The maximum absolute atomic E-state index is 12.6. The topological polar surface area (TPSA) is 63.6 Å². The second-order valence-electron chi connectivity index (χ2n) is 9.56. The summed E-state index contributed by atoms with van der Waals surface area (Å²) in [6.45, 7) is 7.92. The standard InChI is InChI=1S/C23H32O4/c1-4-15-6-8-19-18-7-5-16-13-17(27-14(2)24)9-12-23(16,21(25)26)20(18)10-11-22(15,19)3/h4-5,15,17-20H,1,6-13H2,2-3H3,(H,25,26)/t15-,17-,18-,19-,20-,22+,23+/m0/s1. The van der Waals surface area contributed by atoms with E-state index in [9.17, 15) is 14.7 Å². The lowest BCUT2D eigenvalue weighted by atomic mass is 9.47. The lowest BCUT2D eigenvalue weighted by Crippen LogP contribution is -2.54. The first-order chi connectivity index (χ1) is 12.8. The van der Waals surface area contributed by atoms with Gasteiger partial charge in [0.05, 0.1) is 5.41 Å². The first kappa shape index (κ1) is 18.8. The summed E-state index contributed by atoms with van der Waals surface area (Å²) in [5, 5.41) is 10.4. The van der Waals surface area contributed by atoms with Gasteiger partial charge in [-0.25, -0.2) is 0 Å². The molecule has 0 aliphatic heterocycles. The van der Waals surface area contributed by atoms with E-state index < -0.39 is 11.4 Å².